The number of hydrogen-bond acceptors (Lipinski definition) is 3. The van der Waals surface area contributed by atoms with E-state index in [2.05, 4.69) is 15.9 Å². The van der Waals surface area contributed by atoms with Crippen LogP contribution in [0.2, 0.25) is 0 Å². The molecule has 0 spiro atoms. The van der Waals surface area contributed by atoms with Crippen molar-refractivity contribution < 1.29 is 13.2 Å². The van der Waals surface area contributed by atoms with Gasteiger partial charge in [0, 0.05) is 23.1 Å². The molecule has 2 rings (SSSR count). The zero-order chi connectivity index (χ0) is 13.2. The Hall–Kier alpha value is 0.390. The van der Waals surface area contributed by atoms with Crippen molar-refractivity contribution in [2.75, 3.05) is 23.4 Å². The summed E-state index contributed by atoms with van der Waals surface area (Å²) >= 11 is 3.60. The fourth-order valence-electron chi connectivity index (χ4n) is 2.99. The van der Waals surface area contributed by atoms with Gasteiger partial charge in [-0.1, -0.05) is 22.9 Å². The molecule has 2 atom stereocenters. The van der Waals surface area contributed by atoms with Crippen LogP contribution in [-0.2, 0) is 14.6 Å². The Morgan fingerprint density at radius 2 is 2.06 bits per heavy atom. The summed E-state index contributed by atoms with van der Waals surface area (Å²) in [5, 5.41) is 0.864. The van der Waals surface area contributed by atoms with Gasteiger partial charge in [-0.2, -0.15) is 0 Å². The van der Waals surface area contributed by atoms with E-state index in [1.165, 1.54) is 12.8 Å². The first-order valence-corrected chi connectivity index (χ1v) is 9.85. The topological polar surface area (TPSA) is 43.4 Å². The highest BCUT2D eigenvalue weighted by molar-refractivity contribution is 9.09. The molecule has 2 unspecified atom stereocenters. The minimum Gasteiger partial charge on any atom is -0.377 e. The van der Waals surface area contributed by atoms with Gasteiger partial charge in [0.1, 0.15) is 9.84 Å². The molecule has 1 aliphatic heterocycles. The molecule has 1 heterocycles. The molecule has 0 radical (unpaired) electrons. The Kier molecular flexibility index (Phi) is 4.76. The number of halogens is 1. The molecule has 0 aromatic rings. The number of rotatable bonds is 7. The first-order chi connectivity index (χ1) is 8.53. The van der Waals surface area contributed by atoms with E-state index in [1.54, 1.807) is 0 Å². The number of alkyl halides is 1. The molecule has 1 saturated carbocycles. The Labute approximate surface area is 119 Å². The average Bonchev–Trinajstić information content (AvgIpc) is 3.08. The second-order valence-electron chi connectivity index (χ2n) is 5.78. The Morgan fingerprint density at radius 1 is 1.33 bits per heavy atom. The summed E-state index contributed by atoms with van der Waals surface area (Å²) in [4.78, 5) is 0. The fraction of sp³-hybridized carbons (Fsp3) is 1.00. The normalized spacial score (nSPS) is 32.9. The van der Waals surface area contributed by atoms with Crippen LogP contribution < -0.4 is 0 Å². The van der Waals surface area contributed by atoms with Gasteiger partial charge < -0.3 is 4.74 Å². The third kappa shape index (κ3) is 3.28. The van der Waals surface area contributed by atoms with Crippen LogP contribution in [0.3, 0.4) is 0 Å². The summed E-state index contributed by atoms with van der Waals surface area (Å²) in [6.07, 6.45) is 5.26. The van der Waals surface area contributed by atoms with Crippen LogP contribution in [0.15, 0.2) is 0 Å². The third-order valence-electron chi connectivity index (χ3n) is 4.24. The van der Waals surface area contributed by atoms with Crippen LogP contribution in [-0.4, -0.2) is 38.0 Å². The van der Waals surface area contributed by atoms with Crippen molar-refractivity contribution >= 4 is 25.8 Å². The van der Waals surface area contributed by atoms with E-state index in [9.17, 15) is 8.42 Å². The van der Waals surface area contributed by atoms with Crippen molar-refractivity contribution in [2.45, 2.75) is 45.1 Å². The van der Waals surface area contributed by atoms with E-state index in [4.69, 9.17) is 4.74 Å². The van der Waals surface area contributed by atoms with Gasteiger partial charge in [0.15, 0.2) is 0 Å². The van der Waals surface area contributed by atoms with Crippen LogP contribution in [0.25, 0.3) is 0 Å². The van der Waals surface area contributed by atoms with Gasteiger partial charge >= 0.3 is 0 Å². The summed E-state index contributed by atoms with van der Waals surface area (Å²) in [6.45, 7) is 2.71. The molecule has 106 valence electrons. The van der Waals surface area contributed by atoms with Gasteiger partial charge in [-0.25, -0.2) is 8.42 Å². The quantitative estimate of drug-likeness (QED) is 0.670. The van der Waals surface area contributed by atoms with E-state index in [0.717, 1.165) is 24.8 Å². The maximum Gasteiger partial charge on any atom is 0.150 e. The maximum absolute atomic E-state index is 11.9. The van der Waals surface area contributed by atoms with Crippen LogP contribution in [0.1, 0.15) is 39.0 Å². The van der Waals surface area contributed by atoms with Crippen LogP contribution in [0.5, 0.6) is 0 Å². The summed E-state index contributed by atoms with van der Waals surface area (Å²) in [7, 11) is -2.87. The lowest BCUT2D eigenvalue weighted by molar-refractivity contribution is 0.0400. The number of sulfone groups is 1. The van der Waals surface area contributed by atoms with Gasteiger partial charge in [0.2, 0.25) is 0 Å². The minimum atomic E-state index is -2.87. The molecule has 0 bridgehead atoms. The molecule has 18 heavy (non-hydrogen) atoms. The molecule has 0 aromatic heterocycles. The lowest BCUT2D eigenvalue weighted by atomic mass is 9.78. The van der Waals surface area contributed by atoms with E-state index in [-0.39, 0.29) is 11.5 Å². The van der Waals surface area contributed by atoms with Gasteiger partial charge in [-0.05, 0) is 38.0 Å². The summed E-state index contributed by atoms with van der Waals surface area (Å²) in [6, 6.07) is 0. The molecule has 2 aliphatic rings. The molecule has 0 N–H and O–H groups in total. The molecule has 3 nitrogen and oxygen atoms in total. The smallest absolute Gasteiger partial charge is 0.150 e. The lowest BCUT2D eigenvalue weighted by Crippen LogP contribution is -2.36. The first-order valence-electron chi connectivity index (χ1n) is 6.91. The number of hydrogen-bond donors (Lipinski definition) is 0. The van der Waals surface area contributed by atoms with E-state index in [1.807, 2.05) is 6.92 Å². The highest BCUT2D eigenvalue weighted by Gasteiger charge is 2.50. The van der Waals surface area contributed by atoms with E-state index in [0.29, 0.717) is 23.8 Å². The standard InChI is InChI=1S/C13H23BrO3S/c1-2-8-18(15,16)9-6-13(10-14)5-7-17-12(13)11-3-4-11/h11-12H,2-10H2,1H3. The van der Waals surface area contributed by atoms with Gasteiger partial charge in [-0.15, -0.1) is 0 Å². The van der Waals surface area contributed by atoms with Crippen molar-refractivity contribution in [3.05, 3.63) is 0 Å². The largest absolute Gasteiger partial charge is 0.377 e. The molecule has 5 heteroatoms. The van der Waals surface area contributed by atoms with Gasteiger partial charge in [0.25, 0.3) is 0 Å². The van der Waals surface area contributed by atoms with Gasteiger partial charge in [-0.3, -0.25) is 0 Å². The van der Waals surface area contributed by atoms with E-state index >= 15 is 0 Å². The Bertz CT molecular complexity index is 378. The predicted octanol–water partition coefficient (Wildman–Crippen LogP) is 2.78. The van der Waals surface area contributed by atoms with Crippen molar-refractivity contribution in [1.82, 2.24) is 0 Å². The second-order valence-corrected chi connectivity index (χ2v) is 8.64. The maximum atomic E-state index is 11.9. The SMILES string of the molecule is CCCS(=O)(=O)CCC1(CBr)CCOC1C1CC1. The molecular formula is C13H23BrO3S. The second kappa shape index (κ2) is 5.80. The molecule has 1 saturated heterocycles. The zero-order valence-electron chi connectivity index (χ0n) is 11.0. The highest BCUT2D eigenvalue weighted by atomic mass is 79.9. The van der Waals surface area contributed by atoms with Crippen LogP contribution >= 0.6 is 15.9 Å². The summed E-state index contributed by atoms with van der Waals surface area (Å²) < 4.78 is 29.6. The summed E-state index contributed by atoms with van der Waals surface area (Å²) in [5.74, 6) is 1.32. The van der Waals surface area contributed by atoms with Crippen LogP contribution in [0.4, 0.5) is 0 Å². The Balaban J connectivity index is 1.99. The zero-order valence-corrected chi connectivity index (χ0v) is 13.4. The highest BCUT2D eigenvalue weighted by Crippen LogP contribution is 2.50. The lowest BCUT2D eigenvalue weighted by Gasteiger charge is -2.32. The fourth-order valence-corrected chi connectivity index (χ4v) is 5.42. The Morgan fingerprint density at radius 3 is 2.61 bits per heavy atom. The first kappa shape index (κ1) is 14.8. The van der Waals surface area contributed by atoms with Crippen molar-refractivity contribution in [3.8, 4) is 0 Å². The van der Waals surface area contributed by atoms with Crippen LogP contribution in [0, 0.1) is 11.3 Å². The molecule has 2 fully saturated rings. The molecule has 0 aromatic carbocycles. The summed E-state index contributed by atoms with van der Waals surface area (Å²) in [5.41, 5.74) is 0.0575. The molecule has 1 aliphatic carbocycles. The van der Waals surface area contributed by atoms with Crippen molar-refractivity contribution in [3.63, 3.8) is 0 Å². The minimum absolute atomic E-state index is 0.0575. The van der Waals surface area contributed by atoms with Gasteiger partial charge in [0.05, 0.1) is 11.9 Å². The predicted molar refractivity (Wildman–Crippen MR) is 76.9 cm³/mol. The monoisotopic (exact) mass is 338 g/mol. The average molecular weight is 339 g/mol. The van der Waals surface area contributed by atoms with E-state index < -0.39 is 9.84 Å². The van der Waals surface area contributed by atoms with Crippen molar-refractivity contribution in [2.24, 2.45) is 11.3 Å². The molecule has 0 amide bonds. The molecular weight excluding hydrogens is 316 g/mol. The number of ether oxygens (including phenoxy) is 1. The van der Waals surface area contributed by atoms with Crippen molar-refractivity contribution in [1.29, 1.82) is 0 Å². The third-order valence-corrected chi connectivity index (χ3v) is 7.22.